The van der Waals surface area contributed by atoms with E-state index in [9.17, 15) is 0 Å². The van der Waals surface area contributed by atoms with Gasteiger partial charge in [-0.15, -0.1) is 0 Å². The molecule has 0 bridgehead atoms. The van der Waals surface area contributed by atoms with Gasteiger partial charge in [-0.25, -0.2) is 0 Å². The third-order valence-corrected chi connectivity index (χ3v) is 2.37. The minimum Gasteiger partial charge on any atom is -0.383 e. The van der Waals surface area contributed by atoms with Crippen molar-refractivity contribution in [3.8, 4) is 0 Å². The van der Waals surface area contributed by atoms with Crippen LogP contribution in [0.4, 0.5) is 5.69 Å². The average Bonchev–Trinajstić information content (AvgIpc) is 2.19. The van der Waals surface area contributed by atoms with Gasteiger partial charge in [0.05, 0.1) is 6.61 Å². The molecule has 1 aromatic rings. The third-order valence-electron chi connectivity index (χ3n) is 2.37. The molecule has 0 spiro atoms. The highest BCUT2D eigenvalue weighted by Gasteiger charge is 1.98. The standard InChI is InChI=1S/C12H19NO/c1-4-14-9-8-13-12-7-5-6-10(2)11(12)3/h5-7,13H,4,8-9H2,1-3H3. The van der Waals surface area contributed by atoms with Crippen molar-refractivity contribution in [3.63, 3.8) is 0 Å². The van der Waals surface area contributed by atoms with Gasteiger partial charge in [0.25, 0.3) is 0 Å². The fraction of sp³-hybridized carbons (Fsp3) is 0.500. The van der Waals surface area contributed by atoms with Crippen molar-refractivity contribution in [1.82, 2.24) is 0 Å². The summed E-state index contributed by atoms with van der Waals surface area (Å²) in [5, 5.41) is 3.36. The van der Waals surface area contributed by atoms with E-state index in [1.807, 2.05) is 6.92 Å². The van der Waals surface area contributed by atoms with Gasteiger partial charge in [-0.1, -0.05) is 12.1 Å². The lowest BCUT2D eigenvalue weighted by molar-refractivity contribution is 0.158. The van der Waals surface area contributed by atoms with E-state index in [0.717, 1.165) is 19.8 Å². The number of hydrogen-bond donors (Lipinski definition) is 1. The van der Waals surface area contributed by atoms with Crippen molar-refractivity contribution < 1.29 is 4.74 Å². The fourth-order valence-corrected chi connectivity index (χ4v) is 1.34. The summed E-state index contributed by atoms with van der Waals surface area (Å²) in [4.78, 5) is 0. The quantitative estimate of drug-likeness (QED) is 0.726. The van der Waals surface area contributed by atoms with Crippen molar-refractivity contribution in [3.05, 3.63) is 29.3 Å². The minimum absolute atomic E-state index is 0.768. The second kappa shape index (κ2) is 5.66. The van der Waals surface area contributed by atoms with E-state index >= 15 is 0 Å². The highest BCUT2D eigenvalue weighted by atomic mass is 16.5. The van der Waals surface area contributed by atoms with Crippen LogP contribution in [0.2, 0.25) is 0 Å². The van der Waals surface area contributed by atoms with Gasteiger partial charge in [0.2, 0.25) is 0 Å². The van der Waals surface area contributed by atoms with Crippen LogP contribution in [0.5, 0.6) is 0 Å². The molecule has 0 aliphatic carbocycles. The molecule has 0 amide bonds. The minimum atomic E-state index is 0.768. The first kappa shape index (κ1) is 11.1. The highest BCUT2D eigenvalue weighted by Crippen LogP contribution is 2.17. The zero-order valence-electron chi connectivity index (χ0n) is 9.26. The molecule has 1 aromatic carbocycles. The summed E-state index contributed by atoms with van der Waals surface area (Å²) >= 11 is 0. The molecule has 0 aromatic heterocycles. The van der Waals surface area contributed by atoms with Gasteiger partial charge in [-0.05, 0) is 38.0 Å². The zero-order chi connectivity index (χ0) is 10.4. The van der Waals surface area contributed by atoms with Crippen molar-refractivity contribution in [2.24, 2.45) is 0 Å². The Hall–Kier alpha value is -1.02. The predicted molar refractivity (Wildman–Crippen MR) is 60.9 cm³/mol. The first-order valence-corrected chi connectivity index (χ1v) is 5.13. The normalized spacial score (nSPS) is 10.2. The molecule has 0 atom stereocenters. The number of benzene rings is 1. The van der Waals surface area contributed by atoms with E-state index < -0.39 is 0 Å². The Balaban J connectivity index is 2.46. The number of aryl methyl sites for hydroxylation is 1. The average molecular weight is 193 g/mol. The van der Waals surface area contributed by atoms with Crippen LogP contribution < -0.4 is 5.32 Å². The molecule has 2 nitrogen and oxygen atoms in total. The lowest BCUT2D eigenvalue weighted by Gasteiger charge is -2.10. The van der Waals surface area contributed by atoms with Gasteiger partial charge in [0.15, 0.2) is 0 Å². The summed E-state index contributed by atoms with van der Waals surface area (Å²) < 4.78 is 5.26. The second-order valence-corrected chi connectivity index (χ2v) is 3.37. The largest absolute Gasteiger partial charge is 0.383 e. The van der Waals surface area contributed by atoms with Gasteiger partial charge in [0, 0.05) is 18.8 Å². The predicted octanol–water partition coefficient (Wildman–Crippen LogP) is 2.75. The van der Waals surface area contributed by atoms with E-state index in [1.54, 1.807) is 0 Å². The maximum Gasteiger partial charge on any atom is 0.0638 e. The molecule has 0 heterocycles. The Labute approximate surface area is 86.3 Å². The molecule has 0 aliphatic rings. The molecule has 1 N–H and O–H groups in total. The molecule has 0 saturated carbocycles. The van der Waals surface area contributed by atoms with Crippen molar-refractivity contribution >= 4 is 5.69 Å². The molecule has 0 fully saturated rings. The van der Waals surface area contributed by atoms with Crippen LogP contribution in [0, 0.1) is 13.8 Å². The SMILES string of the molecule is CCOCCNc1cccc(C)c1C. The Kier molecular flexibility index (Phi) is 4.47. The lowest BCUT2D eigenvalue weighted by atomic mass is 10.1. The Morgan fingerprint density at radius 2 is 2.07 bits per heavy atom. The molecule has 14 heavy (non-hydrogen) atoms. The summed E-state index contributed by atoms with van der Waals surface area (Å²) in [5.74, 6) is 0. The Morgan fingerprint density at radius 1 is 1.29 bits per heavy atom. The molecule has 0 aliphatic heterocycles. The smallest absolute Gasteiger partial charge is 0.0638 e. The van der Waals surface area contributed by atoms with Crippen molar-refractivity contribution in [2.75, 3.05) is 25.1 Å². The van der Waals surface area contributed by atoms with Crippen LogP contribution >= 0.6 is 0 Å². The van der Waals surface area contributed by atoms with Crippen LogP contribution in [0.1, 0.15) is 18.1 Å². The molecule has 0 unspecified atom stereocenters. The molecule has 0 saturated heterocycles. The lowest BCUT2D eigenvalue weighted by Crippen LogP contribution is -2.10. The molecule has 1 rings (SSSR count). The Morgan fingerprint density at radius 3 is 2.79 bits per heavy atom. The molecule has 0 radical (unpaired) electrons. The maximum absolute atomic E-state index is 5.26. The highest BCUT2D eigenvalue weighted by molar-refractivity contribution is 5.53. The number of hydrogen-bond acceptors (Lipinski definition) is 2. The van der Waals surface area contributed by atoms with Gasteiger partial charge in [0.1, 0.15) is 0 Å². The van der Waals surface area contributed by atoms with Crippen LogP contribution in [0.3, 0.4) is 0 Å². The number of ether oxygens (including phenoxy) is 1. The van der Waals surface area contributed by atoms with Crippen molar-refractivity contribution in [2.45, 2.75) is 20.8 Å². The second-order valence-electron chi connectivity index (χ2n) is 3.37. The van der Waals surface area contributed by atoms with E-state index in [-0.39, 0.29) is 0 Å². The number of nitrogens with one attached hydrogen (secondary N) is 1. The summed E-state index contributed by atoms with van der Waals surface area (Å²) in [6, 6.07) is 6.31. The number of anilines is 1. The van der Waals surface area contributed by atoms with Crippen LogP contribution in [0.25, 0.3) is 0 Å². The third kappa shape index (κ3) is 3.04. The molecule has 78 valence electrons. The first-order valence-electron chi connectivity index (χ1n) is 5.13. The molecular formula is C12H19NO. The maximum atomic E-state index is 5.26. The first-order chi connectivity index (χ1) is 6.75. The van der Waals surface area contributed by atoms with E-state index in [1.165, 1.54) is 16.8 Å². The topological polar surface area (TPSA) is 21.3 Å². The molecular weight excluding hydrogens is 174 g/mol. The van der Waals surface area contributed by atoms with E-state index in [0.29, 0.717) is 0 Å². The Bertz CT molecular complexity index is 284. The molecule has 2 heteroatoms. The fourth-order valence-electron chi connectivity index (χ4n) is 1.34. The van der Waals surface area contributed by atoms with Gasteiger partial charge >= 0.3 is 0 Å². The van der Waals surface area contributed by atoms with Crippen molar-refractivity contribution in [1.29, 1.82) is 0 Å². The summed E-state index contributed by atoms with van der Waals surface area (Å²) in [6.45, 7) is 8.70. The zero-order valence-corrected chi connectivity index (χ0v) is 9.26. The summed E-state index contributed by atoms with van der Waals surface area (Å²) in [7, 11) is 0. The van der Waals surface area contributed by atoms with Gasteiger partial charge in [-0.3, -0.25) is 0 Å². The van der Waals surface area contributed by atoms with Crippen LogP contribution in [0.15, 0.2) is 18.2 Å². The van der Waals surface area contributed by atoms with Gasteiger partial charge in [-0.2, -0.15) is 0 Å². The van der Waals surface area contributed by atoms with E-state index in [4.69, 9.17) is 4.74 Å². The van der Waals surface area contributed by atoms with Crippen LogP contribution in [-0.2, 0) is 4.74 Å². The monoisotopic (exact) mass is 193 g/mol. The number of rotatable bonds is 5. The summed E-state index contributed by atoms with van der Waals surface area (Å²) in [6.07, 6.45) is 0. The van der Waals surface area contributed by atoms with Crippen LogP contribution in [-0.4, -0.2) is 19.8 Å². The summed E-state index contributed by atoms with van der Waals surface area (Å²) in [5.41, 5.74) is 3.86. The van der Waals surface area contributed by atoms with E-state index in [2.05, 4.69) is 37.4 Å². The van der Waals surface area contributed by atoms with Gasteiger partial charge < -0.3 is 10.1 Å².